The van der Waals surface area contributed by atoms with Gasteiger partial charge in [0, 0.05) is 34.2 Å². The lowest BCUT2D eigenvalue weighted by Gasteiger charge is -2.28. The van der Waals surface area contributed by atoms with E-state index in [1.807, 2.05) is 24.5 Å². The smallest absolute Gasteiger partial charge is 0.0985 e. The standard InChI is InChI=1S/C50H31N3/c1-4-15-32(16-5-1)44-36-22-10-11-23-37(36)45(33-17-6-2-7-18-33)48-41-27-28-42(38-24-12-25-40(46(38)41)47(44)48)53(35-20-8-3-9-21-35)43-31-34-19-13-29-51-49(34)50-39(43)26-14-30-52-50/h1-31H. The molecule has 10 aromatic rings. The van der Waals surface area contributed by atoms with Gasteiger partial charge in [0.15, 0.2) is 0 Å². The first-order valence-electron chi connectivity index (χ1n) is 18.1. The van der Waals surface area contributed by atoms with Crippen molar-refractivity contribution in [1.29, 1.82) is 0 Å². The monoisotopic (exact) mass is 673 g/mol. The number of hydrogen-bond acceptors (Lipinski definition) is 3. The molecule has 53 heavy (non-hydrogen) atoms. The van der Waals surface area contributed by atoms with E-state index in [9.17, 15) is 0 Å². The summed E-state index contributed by atoms with van der Waals surface area (Å²) < 4.78 is 0. The number of fused-ring (bicyclic) bond motifs is 7. The van der Waals surface area contributed by atoms with Crippen molar-refractivity contribution in [1.82, 2.24) is 9.97 Å². The molecule has 0 saturated carbocycles. The maximum Gasteiger partial charge on any atom is 0.0985 e. The third kappa shape index (κ3) is 4.41. The molecule has 0 N–H and O–H groups in total. The first kappa shape index (κ1) is 29.6. The Morgan fingerprint density at radius 1 is 0.358 bits per heavy atom. The fraction of sp³-hybridized carbons (Fsp3) is 0. The molecule has 0 fully saturated rings. The SMILES string of the molecule is c1ccc(-c2c3c(c(-c4ccccc4)c4ccccc24)-c2ccc(N(c4ccccc4)c4cc5cccnc5c5ncccc45)c4cccc-3c24)cc1. The second-order valence-electron chi connectivity index (χ2n) is 13.7. The second kappa shape index (κ2) is 11.7. The molecular weight excluding hydrogens is 643 g/mol. The highest BCUT2D eigenvalue weighted by atomic mass is 15.1. The normalized spacial score (nSPS) is 11.8. The molecule has 11 rings (SSSR count). The van der Waals surface area contributed by atoms with E-state index < -0.39 is 0 Å². The molecular formula is C50H31N3. The molecule has 2 heterocycles. The summed E-state index contributed by atoms with van der Waals surface area (Å²) in [4.78, 5) is 12.1. The minimum atomic E-state index is 0.895. The van der Waals surface area contributed by atoms with Gasteiger partial charge < -0.3 is 4.90 Å². The van der Waals surface area contributed by atoms with Crippen LogP contribution < -0.4 is 4.90 Å². The largest absolute Gasteiger partial charge is 0.309 e. The number of benzene rings is 8. The Morgan fingerprint density at radius 3 is 1.58 bits per heavy atom. The van der Waals surface area contributed by atoms with Crippen molar-refractivity contribution in [3.63, 3.8) is 0 Å². The highest BCUT2D eigenvalue weighted by Crippen LogP contribution is 2.59. The fourth-order valence-electron chi connectivity index (χ4n) is 8.72. The summed E-state index contributed by atoms with van der Waals surface area (Å²) in [5, 5.41) is 7.10. The van der Waals surface area contributed by atoms with Gasteiger partial charge in [0.2, 0.25) is 0 Å². The van der Waals surface area contributed by atoms with Gasteiger partial charge >= 0.3 is 0 Å². The third-order valence-corrected chi connectivity index (χ3v) is 10.8. The van der Waals surface area contributed by atoms with Crippen molar-refractivity contribution in [2.45, 2.75) is 0 Å². The van der Waals surface area contributed by atoms with Gasteiger partial charge in [-0.2, -0.15) is 0 Å². The van der Waals surface area contributed by atoms with Gasteiger partial charge in [-0.25, -0.2) is 0 Å². The molecule has 0 radical (unpaired) electrons. The summed E-state index contributed by atoms with van der Waals surface area (Å²) in [5.41, 5.74) is 15.2. The highest BCUT2D eigenvalue weighted by molar-refractivity contribution is 6.29. The minimum Gasteiger partial charge on any atom is -0.309 e. The Hall–Kier alpha value is -7.10. The van der Waals surface area contributed by atoms with E-state index in [0.29, 0.717) is 0 Å². The zero-order valence-corrected chi connectivity index (χ0v) is 28.7. The zero-order valence-electron chi connectivity index (χ0n) is 28.7. The molecule has 0 aliphatic heterocycles. The van der Waals surface area contributed by atoms with Crippen LogP contribution >= 0.6 is 0 Å². The van der Waals surface area contributed by atoms with Crippen LogP contribution in [0.5, 0.6) is 0 Å². The number of aromatic nitrogens is 2. The van der Waals surface area contributed by atoms with Gasteiger partial charge in [-0.3, -0.25) is 9.97 Å². The lowest BCUT2D eigenvalue weighted by molar-refractivity contribution is 1.30. The summed E-state index contributed by atoms with van der Waals surface area (Å²) in [6, 6.07) is 63.6. The Bertz CT molecular complexity index is 2950. The van der Waals surface area contributed by atoms with Crippen LogP contribution in [0.25, 0.3) is 87.9 Å². The number of anilines is 3. The second-order valence-corrected chi connectivity index (χ2v) is 13.7. The van der Waals surface area contributed by atoms with Crippen molar-refractivity contribution in [2.24, 2.45) is 0 Å². The third-order valence-electron chi connectivity index (χ3n) is 10.8. The molecule has 3 nitrogen and oxygen atoms in total. The molecule has 246 valence electrons. The van der Waals surface area contributed by atoms with Crippen LogP contribution in [0, 0.1) is 0 Å². The van der Waals surface area contributed by atoms with Gasteiger partial charge in [-0.05, 0) is 103 Å². The average molecular weight is 674 g/mol. The number of hydrogen-bond donors (Lipinski definition) is 0. The van der Waals surface area contributed by atoms with E-state index in [4.69, 9.17) is 9.97 Å². The minimum absolute atomic E-state index is 0.895. The number of nitrogens with zero attached hydrogens (tertiary/aromatic N) is 3. The van der Waals surface area contributed by atoms with E-state index in [1.165, 1.54) is 66.1 Å². The average Bonchev–Trinajstić information content (AvgIpc) is 3.56. The van der Waals surface area contributed by atoms with Crippen LogP contribution in [0.1, 0.15) is 0 Å². The van der Waals surface area contributed by atoms with Crippen LogP contribution in [-0.2, 0) is 0 Å². The highest BCUT2D eigenvalue weighted by Gasteiger charge is 2.32. The number of pyridine rings is 2. The molecule has 0 bridgehead atoms. The van der Waals surface area contributed by atoms with Crippen molar-refractivity contribution >= 4 is 60.4 Å². The molecule has 0 unspecified atom stereocenters. The van der Waals surface area contributed by atoms with Crippen LogP contribution in [0.3, 0.4) is 0 Å². The van der Waals surface area contributed by atoms with E-state index in [2.05, 4.69) is 169 Å². The molecule has 8 aromatic carbocycles. The van der Waals surface area contributed by atoms with E-state index >= 15 is 0 Å². The molecule has 1 aliphatic carbocycles. The van der Waals surface area contributed by atoms with Crippen molar-refractivity contribution in [2.75, 3.05) is 4.90 Å². The zero-order chi connectivity index (χ0) is 34.9. The first-order valence-corrected chi connectivity index (χ1v) is 18.1. The first-order chi connectivity index (χ1) is 26.3. The summed E-state index contributed by atoms with van der Waals surface area (Å²) >= 11 is 0. The van der Waals surface area contributed by atoms with Crippen molar-refractivity contribution in [3.05, 3.63) is 188 Å². The Balaban J connectivity index is 1.27. The van der Waals surface area contributed by atoms with Crippen molar-refractivity contribution < 1.29 is 0 Å². The molecule has 0 saturated heterocycles. The topological polar surface area (TPSA) is 29.0 Å². The molecule has 0 amide bonds. The Labute approximate surface area is 307 Å². The molecule has 1 aliphatic rings. The quantitative estimate of drug-likeness (QED) is 0.170. The fourth-order valence-corrected chi connectivity index (χ4v) is 8.72. The van der Waals surface area contributed by atoms with E-state index in [0.717, 1.165) is 38.9 Å². The van der Waals surface area contributed by atoms with Crippen LogP contribution in [0.2, 0.25) is 0 Å². The summed E-state index contributed by atoms with van der Waals surface area (Å²) in [5.74, 6) is 0. The predicted octanol–water partition coefficient (Wildman–Crippen LogP) is 13.5. The summed E-state index contributed by atoms with van der Waals surface area (Å²) in [6.45, 7) is 0. The Morgan fingerprint density at radius 2 is 0.906 bits per heavy atom. The van der Waals surface area contributed by atoms with E-state index in [1.54, 1.807) is 0 Å². The molecule has 3 heteroatoms. The number of rotatable bonds is 5. The Kier molecular flexibility index (Phi) is 6.55. The summed E-state index contributed by atoms with van der Waals surface area (Å²) in [7, 11) is 0. The van der Waals surface area contributed by atoms with Gasteiger partial charge in [0.05, 0.1) is 22.4 Å². The molecule has 0 atom stereocenters. The van der Waals surface area contributed by atoms with Crippen molar-refractivity contribution in [3.8, 4) is 44.5 Å². The van der Waals surface area contributed by atoms with Gasteiger partial charge in [-0.15, -0.1) is 0 Å². The van der Waals surface area contributed by atoms with Gasteiger partial charge in [-0.1, -0.05) is 133 Å². The van der Waals surface area contributed by atoms with Crippen LogP contribution in [-0.4, -0.2) is 9.97 Å². The summed E-state index contributed by atoms with van der Waals surface area (Å²) in [6.07, 6.45) is 3.71. The predicted molar refractivity (Wildman–Crippen MR) is 222 cm³/mol. The van der Waals surface area contributed by atoms with Gasteiger partial charge in [0.25, 0.3) is 0 Å². The lowest BCUT2D eigenvalue weighted by atomic mass is 9.82. The lowest BCUT2D eigenvalue weighted by Crippen LogP contribution is -2.11. The van der Waals surface area contributed by atoms with E-state index in [-0.39, 0.29) is 0 Å². The molecule has 2 aromatic heterocycles. The van der Waals surface area contributed by atoms with Crippen LogP contribution in [0.4, 0.5) is 17.1 Å². The maximum absolute atomic E-state index is 4.88. The number of para-hydroxylation sites is 1. The maximum atomic E-state index is 4.88. The van der Waals surface area contributed by atoms with Gasteiger partial charge in [0.1, 0.15) is 0 Å². The van der Waals surface area contributed by atoms with Crippen LogP contribution in [0.15, 0.2) is 188 Å². The molecule has 0 spiro atoms.